The molecule has 17 heavy (non-hydrogen) atoms. The number of rotatable bonds is 3. The molecule has 2 nitrogen and oxygen atoms in total. The highest BCUT2D eigenvalue weighted by molar-refractivity contribution is 7.11. The first-order chi connectivity index (χ1) is 8.15. The predicted octanol–water partition coefficient (Wildman–Crippen LogP) is 3.13. The maximum atomic E-state index is 12.9. The molecule has 0 spiro atoms. The van der Waals surface area contributed by atoms with E-state index >= 15 is 0 Å². The number of carbonyl (C=O) groups is 1. The van der Waals surface area contributed by atoms with Gasteiger partial charge >= 0.3 is 0 Å². The average molecular weight is 249 g/mol. The topological polar surface area (TPSA) is 29.1 Å². The third kappa shape index (κ3) is 3.14. The average Bonchev–Trinajstić information content (AvgIpc) is 2.72. The van der Waals surface area contributed by atoms with Crippen LogP contribution in [0.25, 0.3) is 0 Å². The first-order valence-electron chi connectivity index (χ1n) is 5.24. The molecule has 4 heteroatoms. The lowest BCUT2D eigenvalue weighted by Gasteiger charge is -2.03. The van der Waals surface area contributed by atoms with Gasteiger partial charge in [0.1, 0.15) is 5.82 Å². The molecule has 1 aromatic carbocycles. The van der Waals surface area contributed by atoms with Gasteiger partial charge in [0.25, 0.3) is 5.91 Å². The zero-order valence-corrected chi connectivity index (χ0v) is 10.2. The largest absolute Gasteiger partial charge is 0.347 e. The minimum Gasteiger partial charge on any atom is -0.347 e. The van der Waals surface area contributed by atoms with Gasteiger partial charge in [0, 0.05) is 15.3 Å². The molecule has 0 atom stereocenters. The number of hydrogen-bond donors (Lipinski definition) is 1. The van der Waals surface area contributed by atoms with Crippen molar-refractivity contribution in [2.45, 2.75) is 13.5 Å². The Morgan fingerprint density at radius 1 is 1.35 bits per heavy atom. The summed E-state index contributed by atoms with van der Waals surface area (Å²) in [5.41, 5.74) is 0.346. The molecule has 0 bridgehead atoms. The van der Waals surface area contributed by atoms with E-state index < -0.39 is 5.82 Å². The Hall–Kier alpha value is -1.68. The number of halogens is 1. The number of nitrogens with one attached hydrogen (secondary N) is 1. The quantitative estimate of drug-likeness (QED) is 0.889. The van der Waals surface area contributed by atoms with E-state index in [-0.39, 0.29) is 5.91 Å². The van der Waals surface area contributed by atoms with Gasteiger partial charge in [0.05, 0.1) is 6.54 Å². The first kappa shape index (κ1) is 11.8. The van der Waals surface area contributed by atoms with Crippen molar-refractivity contribution in [2.75, 3.05) is 0 Å². The smallest absolute Gasteiger partial charge is 0.251 e. The number of benzene rings is 1. The van der Waals surface area contributed by atoms with E-state index in [1.807, 2.05) is 19.1 Å². The normalized spacial score (nSPS) is 10.2. The molecule has 1 heterocycles. The first-order valence-corrected chi connectivity index (χ1v) is 6.06. The lowest BCUT2D eigenvalue weighted by atomic mass is 10.2. The van der Waals surface area contributed by atoms with Crippen LogP contribution in [0.4, 0.5) is 4.39 Å². The van der Waals surface area contributed by atoms with Crippen LogP contribution in [0.2, 0.25) is 0 Å². The van der Waals surface area contributed by atoms with Crippen LogP contribution in [-0.4, -0.2) is 5.91 Å². The Kier molecular flexibility index (Phi) is 3.54. The van der Waals surface area contributed by atoms with Gasteiger partial charge < -0.3 is 5.32 Å². The molecule has 2 rings (SSSR count). The van der Waals surface area contributed by atoms with Crippen LogP contribution in [0.15, 0.2) is 36.4 Å². The van der Waals surface area contributed by atoms with Crippen molar-refractivity contribution in [3.05, 3.63) is 57.5 Å². The molecular formula is C13H12FNOS. The standard InChI is InChI=1S/C13H12FNOS/c1-9-5-6-12(17-9)8-15-13(16)10-3-2-4-11(14)7-10/h2-7H,8H2,1H3,(H,15,16). The Bertz CT molecular complexity index is 536. The molecule has 1 N–H and O–H groups in total. The van der Waals surface area contributed by atoms with E-state index in [1.54, 1.807) is 17.4 Å². The van der Waals surface area contributed by atoms with Crippen molar-refractivity contribution in [3.63, 3.8) is 0 Å². The number of amides is 1. The maximum Gasteiger partial charge on any atom is 0.251 e. The van der Waals surface area contributed by atoms with Crippen LogP contribution in [0.1, 0.15) is 20.1 Å². The molecule has 0 radical (unpaired) electrons. The number of thiophene rings is 1. The number of hydrogen-bond acceptors (Lipinski definition) is 2. The fourth-order valence-electron chi connectivity index (χ4n) is 1.48. The van der Waals surface area contributed by atoms with Crippen molar-refractivity contribution < 1.29 is 9.18 Å². The Balaban J connectivity index is 1.98. The molecule has 0 unspecified atom stereocenters. The van der Waals surface area contributed by atoms with E-state index in [0.29, 0.717) is 12.1 Å². The Morgan fingerprint density at radius 3 is 2.82 bits per heavy atom. The van der Waals surface area contributed by atoms with Gasteiger partial charge in [-0.15, -0.1) is 11.3 Å². The van der Waals surface area contributed by atoms with E-state index in [2.05, 4.69) is 5.32 Å². The third-order valence-electron chi connectivity index (χ3n) is 2.31. The van der Waals surface area contributed by atoms with Gasteiger partial charge in [-0.3, -0.25) is 4.79 Å². The summed E-state index contributed by atoms with van der Waals surface area (Å²) in [5, 5.41) is 2.76. The fourth-order valence-corrected chi connectivity index (χ4v) is 2.31. The Morgan fingerprint density at radius 2 is 2.18 bits per heavy atom. The van der Waals surface area contributed by atoms with Gasteiger partial charge in [-0.25, -0.2) is 4.39 Å². The molecule has 1 aromatic heterocycles. The SMILES string of the molecule is Cc1ccc(CNC(=O)c2cccc(F)c2)s1. The second-order valence-electron chi connectivity index (χ2n) is 3.71. The second kappa shape index (κ2) is 5.10. The zero-order valence-electron chi connectivity index (χ0n) is 9.37. The van der Waals surface area contributed by atoms with Crippen molar-refractivity contribution >= 4 is 17.2 Å². The van der Waals surface area contributed by atoms with Gasteiger partial charge in [-0.2, -0.15) is 0 Å². The molecule has 88 valence electrons. The third-order valence-corrected chi connectivity index (χ3v) is 3.31. The van der Waals surface area contributed by atoms with Gasteiger partial charge in [0.15, 0.2) is 0 Å². The monoisotopic (exact) mass is 249 g/mol. The van der Waals surface area contributed by atoms with Crippen molar-refractivity contribution in [1.82, 2.24) is 5.32 Å². The molecule has 0 aliphatic heterocycles. The highest BCUT2D eigenvalue weighted by Gasteiger charge is 2.06. The minimum absolute atomic E-state index is 0.254. The molecule has 0 saturated carbocycles. The van der Waals surface area contributed by atoms with Crippen LogP contribution >= 0.6 is 11.3 Å². The van der Waals surface area contributed by atoms with Crippen LogP contribution in [0.3, 0.4) is 0 Å². The summed E-state index contributed by atoms with van der Waals surface area (Å²) in [5.74, 6) is -0.653. The summed E-state index contributed by atoms with van der Waals surface area (Å²) in [6, 6.07) is 9.66. The summed E-state index contributed by atoms with van der Waals surface area (Å²) in [7, 11) is 0. The van der Waals surface area contributed by atoms with E-state index in [4.69, 9.17) is 0 Å². The van der Waals surface area contributed by atoms with Crippen molar-refractivity contribution in [2.24, 2.45) is 0 Å². The van der Waals surface area contributed by atoms with Crippen LogP contribution < -0.4 is 5.32 Å². The van der Waals surface area contributed by atoms with Crippen LogP contribution in [0.5, 0.6) is 0 Å². The molecular weight excluding hydrogens is 237 g/mol. The summed E-state index contributed by atoms with van der Waals surface area (Å²) in [6.45, 7) is 2.50. The van der Waals surface area contributed by atoms with Crippen molar-refractivity contribution in [3.8, 4) is 0 Å². The molecule has 1 amide bonds. The fraction of sp³-hybridized carbons (Fsp3) is 0.154. The zero-order chi connectivity index (χ0) is 12.3. The summed E-state index contributed by atoms with van der Waals surface area (Å²) >= 11 is 1.64. The molecule has 0 aliphatic carbocycles. The lowest BCUT2D eigenvalue weighted by Crippen LogP contribution is -2.22. The van der Waals surface area contributed by atoms with Crippen molar-refractivity contribution in [1.29, 1.82) is 0 Å². The van der Waals surface area contributed by atoms with Gasteiger partial charge in [0.2, 0.25) is 0 Å². The highest BCUT2D eigenvalue weighted by atomic mass is 32.1. The molecule has 0 fully saturated rings. The number of carbonyl (C=O) groups excluding carboxylic acids is 1. The van der Waals surface area contributed by atoms with Crippen LogP contribution in [0, 0.1) is 12.7 Å². The van der Waals surface area contributed by atoms with E-state index in [1.165, 1.54) is 23.1 Å². The predicted molar refractivity (Wildman–Crippen MR) is 66.6 cm³/mol. The van der Waals surface area contributed by atoms with E-state index in [9.17, 15) is 9.18 Å². The second-order valence-corrected chi connectivity index (χ2v) is 5.08. The molecule has 0 aliphatic rings. The van der Waals surface area contributed by atoms with Crippen LogP contribution in [-0.2, 0) is 6.54 Å². The Labute approximate surface area is 103 Å². The number of aryl methyl sites for hydroxylation is 1. The molecule has 2 aromatic rings. The maximum absolute atomic E-state index is 12.9. The highest BCUT2D eigenvalue weighted by Crippen LogP contribution is 2.14. The summed E-state index contributed by atoms with van der Waals surface area (Å²) in [6.07, 6.45) is 0. The minimum atomic E-state index is -0.399. The summed E-state index contributed by atoms with van der Waals surface area (Å²) in [4.78, 5) is 14.0. The van der Waals surface area contributed by atoms with Gasteiger partial charge in [-0.05, 0) is 37.3 Å². The lowest BCUT2D eigenvalue weighted by molar-refractivity contribution is 0.0951. The van der Waals surface area contributed by atoms with Gasteiger partial charge in [-0.1, -0.05) is 6.07 Å². The summed E-state index contributed by atoms with van der Waals surface area (Å²) < 4.78 is 12.9. The van der Waals surface area contributed by atoms with E-state index in [0.717, 1.165) is 4.88 Å². The molecule has 0 saturated heterocycles.